The molecule has 2 N–H and O–H groups in total. The van der Waals surface area contributed by atoms with E-state index in [4.69, 9.17) is 10.3 Å². The summed E-state index contributed by atoms with van der Waals surface area (Å²) in [7, 11) is 1.68. The summed E-state index contributed by atoms with van der Waals surface area (Å²) >= 11 is 0. The molecular weight excluding hydrogens is 363 g/mol. The minimum atomic E-state index is -0.510. The number of nitrogens with zero attached hydrogens (tertiary/aromatic N) is 3. The SMILES string of the molecule is CN(Cc1cccc(C(N)=O)c1)C(=O)CCc1nc(-c2ccc(F)cc2)no1. The van der Waals surface area contributed by atoms with Gasteiger partial charge < -0.3 is 15.2 Å². The molecule has 144 valence electrons. The maximum Gasteiger partial charge on any atom is 0.248 e. The summed E-state index contributed by atoms with van der Waals surface area (Å²) in [5.74, 6) is -0.284. The third-order valence-electron chi connectivity index (χ3n) is 4.18. The van der Waals surface area contributed by atoms with Gasteiger partial charge in [0.1, 0.15) is 5.82 Å². The van der Waals surface area contributed by atoms with Crippen LogP contribution in [0.2, 0.25) is 0 Å². The number of aryl methyl sites for hydroxylation is 1. The number of carbonyl (C=O) groups is 2. The Hall–Kier alpha value is -3.55. The van der Waals surface area contributed by atoms with Gasteiger partial charge in [0.2, 0.25) is 23.5 Å². The van der Waals surface area contributed by atoms with E-state index in [2.05, 4.69) is 10.1 Å². The summed E-state index contributed by atoms with van der Waals surface area (Å²) in [5, 5.41) is 3.86. The smallest absolute Gasteiger partial charge is 0.248 e. The van der Waals surface area contributed by atoms with Crippen LogP contribution in [0.4, 0.5) is 4.39 Å². The molecule has 2 amide bonds. The van der Waals surface area contributed by atoms with Crippen molar-refractivity contribution >= 4 is 11.8 Å². The number of primary amides is 1. The Morgan fingerprint density at radius 1 is 1.18 bits per heavy atom. The molecule has 0 aliphatic rings. The summed E-state index contributed by atoms with van der Waals surface area (Å²) in [6.07, 6.45) is 0.482. The maximum absolute atomic E-state index is 13.0. The van der Waals surface area contributed by atoms with Gasteiger partial charge in [0, 0.05) is 37.6 Å². The zero-order valence-corrected chi connectivity index (χ0v) is 15.3. The molecule has 0 aliphatic carbocycles. The van der Waals surface area contributed by atoms with Crippen LogP contribution in [0, 0.1) is 5.82 Å². The van der Waals surface area contributed by atoms with Gasteiger partial charge in [-0.05, 0) is 42.0 Å². The van der Waals surface area contributed by atoms with Crippen LogP contribution in [0.5, 0.6) is 0 Å². The number of halogens is 1. The van der Waals surface area contributed by atoms with E-state index in [1.807, 2.05) is 6.07 Å². The molecule has 0 radical (unpaired) electrons. The first-order chi connectivity index (χ1) is 13.4. The van der Waals surface area contributed by atoms with E-state index >= 15 is 0 Å². The summed E-state index contributed by atoms with van der Waals surface area (Å²) in [5.41, 5.74) is 7.12. The number of hydrogen-bond acceptors (Lipinski definition) is 5. The standard InChI is InChI=1S/C20H19FN4O3/c1-25(12-13-3-2-4-15(11-13)19(22)27)18(26)10-9-17-23-20(24-28-17)14-5-7-16(21)8-6-14/h2-8,11H,9-10,12H2,1H3,(H2,22,27). The quantitative estimate of drug-likeness (QED) is 0.677. The summed E-state index contributed by atoms with van der Waals surface area (Å²) in [6.45, 7) is 0.352. The van der Waals surface area contributed by atoms with E-state index in [0.717, 1.165) is 5.56 Å². The lowest BCUT2D eigenvalue weighted by molar-refractivity contribution is -0.130. The van der Waals surface area contributed by atoms with E-state index in [0.29, 0.717) is 35.8 Å². The fourth-order valence-electron chi connectivity index (χ4n) is 2.66. The molecule has 0 saturated heterocycles. The molecule has 0 spiro atoms. The van der Waals surface area contributed by atoms with Gasteiger partial charge in [-0.2, -0.15) is 4.98 Å². The van der Waals surface area contributed by atoms with Crippen molar-refractivity contribution in [2.75, 3.05) is 7.05 Å². The Bertz CT molecular complexity index is 985. The molecule has 28 heavy (non-hydrogen) atoms. The van der Waals surface area contributed by atoms with Gasteiger partial charge in [0.05, 0.1) is 0 Å². The molecule has 0 saturated carbocycles. The van der Waals surface area contributed by atoms with Crippen molar-refractivity contribution in [3.63, 3.8) is 0 Å². The van der Waals surface area contributed by atoms with Crippen LogP contribution in [0.25, 0.3) is 11.4 Å². The van der Waals surface area contributed by atoms with Crippen molar-refractivity contribution in [3.8, 4) is 11.4 Å². The molecule has 0 aliphatic heterocycles. The number of amides is 2. The number of benzene rings is 2. The fraction of sp³-hybridized carbons (Fsp3) is 0.200. The second-order valence-electron chi connectivity index (χ2n) is 6.33. The first kappa shape index (κ1) is 19.2. The normalized spacial score (nSPS) is 10.6. The Morgan fingerprint density at radius 3 is 2.64 bits per heavy atom. The van der Waals surface area contributed by atoms with Crippen molar-refractivity contribution in [1.29, 1.82) is 0 Å². The predicted octanol–water partition coefficient (Wildman–Crippen LogP) is 2.57. The molecule has 0 bridgehead atoms. The lowest BCUT2D eigenvalue weighted by atomic mass is 10.1. The fourth-order valence-corrected chi connectivity index (χ4v) is 2.66. The average Bonchev–Trinajstić information content (AvgIpc) is 3.15. The van der Waals surface area contributed by atoms with E-state index in [1.54, 1.807) is 42.3 Å². The van der Waals surface area contributed by atoms with E-state index in [-0.39, 0.29) is 18.1 Å². The zero-order chi connectivity index (χ0) is 20.1. The second kappa shape index (κ2) is 8.43. The van der Waals surface area contributed by atoms with Gasteiger partial charge in [-0.25, -0.2) is 4.39 Å². The zero-order valence-electron chi connectivity index (χ0n) is 15.3. The topological polar surface area (TPSA) is 102 Å². The molecule has 8 heteroatoms. The van der Waals surface area contributed by atoms with Gasteiger partial charge in [-0.1, -0.05) is 17.3 Å². The molecule has 3 rings (SSSR count). The van der Waals surface area contributed by atoms with Crippen LogP contribution in [0.3, 0.4) is 0 Å². The lowest BCUT2D eigenvalue weighted by Crippen LogP contribution is -2.26. The summed E-state index contributed by atoms with van der Waals surface area (Å²) < 4.78 is 18.1. The van der Waals surface area contributed by atoms with Crippen molar-refractivity contribution in [3.05, 3.63) is 71.4 Å². The van der Waals surface area contributed by atoms with Crippen LogP contribution in [0.1, 0.15) is 28.2 Å². The van der Waals surface area contributed by atoms with Crippen LogP contribution >= 0.6 is 0 Å². The number of rotatable bonds is 7. The summed E-state index contributed by atoms with van der Waals surface area (Å²) in [4.78, 5) is 29.4. The number of hydrogen-bond donors (Lipinski definition) is 1. The lowest BCUT2D eigenvalue weighted by Gasteiger charge is -2.17. The first-order valence-electron chi connectivity index (χ1n) is 8.63. The predicted molar refractivity (Wildman–Crippen MR) is 99.4 cm³/mol. The molecule has 0 fully saturated rings. The van der Waals surface area contributed by atoms with Crippen molar-refractivity contribution in [2.24, 2.45) is 5.73 Å². The van der Waals surface area contributed by atoms with Crippen LogP contribution in [-0.2, 0) is 17.8 Å². The van der Waals surface area contributed by atoms with Gasteiger partial charge in [0.25, 0.3) is 0 Å². The third kappa shape index (κ3) is 4.79. The minimum Gasteiger partial charge on any atom is -0.366 e. The van der Waals surface area contributed by atoms with Crippen LogP contribution in [-0.4, -0.2) is 33.9 Å². The molecular formula is C20H19FN4O3. The maximum atomic E-state index is 13.0. The Morgan fingerprint density at radius 2 is 1.93 bits per heavy atom. The highest BCUT2D eigenvalue weighted by Gasteiger charge is 2.14. The van der Waals surface area contributed by atoms with Crippen molar-refractivity contribution < 1.29 is 18.5 Å². The molecule has 2 aromatic carbocycles. The highest BCUT2D eigenvalue weighted by atomic mass is 19.1. The van der Waals surface area contributed by atoms with Crippen LogP contribution in [0.15, 0.2) is 53.1 Å². The van der Waals surface area contributed by atoms with Gasteiger partial charge in [0.15, 0.2) is 0 Å². The Labute approximate surface area is 161 Å². The third-order valence-corrected chi connectivity index (χ3v) is 4.18. The second-order valence-corrected chi connectivity index (χ2v) is 6.33. The molecule has 3 aromatic rings. The minimum absolute atomic E-state index is 0.106. The largest absolute Gasteiger partial charge is 0.366 e. The molecule has 0 atom stereocenters. The Balaban J connectivity index is 1.56. The van der Waals surface area contributed by atoms with E-state index < -0.39 is 5.91 Å². The van der Waals surface area contributed by atoms with Gasteiger partial charge >= 0.3 is 0 Å². The number of carbonyl (C=O) groups excluding carboxylic acids is 2. The number of aromatic nitrogens is 2. The van der Waals surface area contributed by atoms with Gasteiger partial charge in [-0.3, -0.25) is 9.59 Å². The van der Waals surface area contributed by atoms with Crippen molar-refractivity contribution in [1.82, 2.24) is 15.0 Å². The van der Waals surface area contributed by atoms with Crippen molar-refractivity contribution in [2.45, 2.75) is 19.4 Å². The molecule has 1 heterocycles. The highest BCUT2D eigenvalue weighted by Crippen LogP contribution is 2.17. The first-order valence-corrected chi connectivity index (χ1v) is 8.63. The number of nitrogens with two attached hydrogens (primary N) is 1. The van der Waals surface area contributed by atoms with Crippen LogP contribution < -0.4 is 5.73 Å². The van der Waals surface area contributed by atoms with Gasteiger partial charge in [-0.15, -0.1) is 0 Å². The monoisotopic (exact) mass is 382 g/mol. The van der Waals surface area contributed by atoms with E-state index in [1.165, 1.54) is 12.1 Å². The summed E-state index contributed by atoms with van der Waals surface area (Å²) in [6, 6.07) is 12.6. The molecule has 0 unspecified atom stereocenters. The average molecular weight is 382 g/mol. The van der Waals surface area contributed by atoms with E-state index in [9.17, 15) is 14.0 Å². The Kier molecular flexibility index (Phi) is 5.78. The molecule has 1 aromatic heterocycles. The molecule has 7 nitrogen and oxygen atoms in total. The highest BCUT2D eigenvalue weighted by molar-refractivity contribution is 5.92.